The highest BCUT2D eigenvalue weighted by Gasteiger charge is 2.19. The first-order chi connectivity index (χ1) is 13.3. The van der Waals surface area contributed by atoms with Gasteiger partial charge in [0.2, 0.25) is 0 Å². The molecule has 0 atom stereocenters. The lowest BCUT2D eigenvalue weighted by Gasteiger charge is -2.26. The van der Waals surface area contributed by atoms with Gasteiger partial charge in [-0.2, -0.15) is 0 Å². The number of hydrogen-bond donors (Lipinski definition) is 3. The zero-order chi connectivity index (χ0) is 20.5. The Bertz CT molecular complexity index is 865. The average Bonchev–Trinajstić information content (AvgIpc) is 3.00. The Balaban J connectivity index is 0.000000300. The van der Waals surface area contributed by atoms with Crippen LogP contribution in [0.1, 0.15) is 17.7 Å². The first kappa shape index (κ1) is 21.6. The summed E-state index contributed by atoms with van der Waals surface area (Å²) in [4.78, 5) is 25.9. The van der Waals surface area contributed by atoms with Gasteiger partial charge in [-0.15, -0.1) is 0 Å². The zero-order valence-electron chi connectivity index (χ0n) is 14.9. The van der Waals surface area contributed by atoms with Crippen molar-refractivity contribution in [1.82, 2.24) is 9.88 Å². The molecule has 0 radical (unpaired) electrons. The van der Waals surface area contributed by atoms with Gasteiger partial charge in [-0.1, -0.05) is 59.3 Å². The van der Waals surface area contributed by atoms with Gasteiger partial charge in [0.05, 0.1) is 5.69 Å². The maximum atomic E-state index is 9.55. The predicted octanol–water partition coefficient (Wildman–Crippen LogP) is 3.38. The molecule has 0 amide bonds. The maximum Gasteiger partial charge on any atom is 0.328 e. The molecule has 1 aliphatic heterocycles. The third-order valence-electron chi connectivity index (χ3n) is 3.75. The molecule has 0 saturated carbocycles. The number of aromatic nitrogens is 1. The molecule has 9 heteroatoms. The van der Waals surface area contributed by atoms with Crippen molar-refractivity contribution in [3.05, 3.63) is 64.2 Å². The van der Waals surface area contributed by atoms with E-state index < -0.39 is 11.9 Å². The number of halogens is 1. The first-order valence-electron chi connectivity index (χ1n) is 8.36. The molecule has 0 fully saturated rings. The highest BCUT2D eigenvalue weighted by molar-refractivity contribution is 7.19. The van der Waals surface area contributed by atoms with Crippen LogP contribution in [0.15, 0.2) is 48.6 Å². The molecule has 0 bridgehead atoms. The van der Waals surface area contributed by atoms with Gasteiger partial charge in [0, 0.05) is 31.8 Å². The van der Waals surface area contributed by atoms with Gasteiger partial charge in [-0.25, -0.2) is 14.6 Å². The summed E-state index contributed by atoms with van der Waals surface area (Å²) in [5.41, 5.74) is 9.10. The summed E-state index contributed by atoms with van der Waals surface area (Å²) >= 11 is 7.54. The smallest absolute Gasteiger partial charge is 0.328 e. The molecule has 148 valence electrons. The summed E-state index contributed by atoms with van der Waals surface area (Å²) in [5.74, 6) is -2.51. The van der Waals surface area contributed by atoms with Crippen LogP contribution in [0.25, 0.3) is 5.57 Å². The molecule has 1 aromatic carbocycles. The Morgan fingerprint density at radius 3 is 2.39 bits per heavy atom. The van der Waals surface area contributed by atoms with Gasteiger partial charge in [0.25, 0.3) is 0 Å². The summed E-state index contributed by atoms with van der Waals surface area (Å²) in [6.07, 6.45) is 4.36. The van der Waals surface area contributed by atoms with E-state index >= 15 is 0 Å². The number of hydrogen-bond acceptors (Lipinski definition) is 6. The van der Waals surface area contributed by atoms with Crippen LogP contribution in [0.2, 0.25) is 4.34 Å². The SMILES string of the molecule is Nc1nc(C2=CCCN(Cc3ccccc3)C2)c(Cl)s1.O=C(O)C=CC(=O)O. The normalized spacial score (nSPS) is 14.2. The van der Waals surface area contributed by atoms with Crippen LogP contribution < -0.4 is 5.73 Å². The molecule has 0 spiro atoms. The van der Waals surface area contributed by atoms with Gasteiger partial charge in [0.1, 0.15) is 4.34 Å². The summed E-state index contributed by atoms with van der Waals surface area (Å²) in [5, 5.41) is 16.2. The lowest BCUT2D eigenvalue weighted by Crippen LogP contribution is -2.29. The van der Waals surface area contributed by atoms with Crippen molar-refractivity contribution in [1.29, 1.82) is 0 Å². The number of anilines is 1. The lowest BCUT2D eigenvalue weighted by molar-refractivity contribution is -0.134. The number of aliphatic carboxylic acids is 2. The second kappa shape index (κ2) is 10.6. The summed E-state index contributed by atoms with van der Waals surface area (Å²) in [7, 11) is 0. The van der Waals surface area contributed by atoms with E-state index in [1.807, 2.05) is 6.07 Å². The third kappa shape index (κ3) is 7.15. The molecule has 1 aliphatic rings. The predicted molar refractivity (Wildman–Crippen MR) is 110 cm³/mol. The Hall–Kier alpha value is -2.68. The Morgan fingerprint density at radius 1 is 1.21 bits per heavy atom. The van der Waals surface area contributed by atoms with Crippen LogP contribution >= 0.6 is 22.9 Å². The van der Waals surface area contributed by atoms with Gasteiger partial charge in [0.15, 0.2) is 5.13 Å². The quantitative estimate of drug-likeness (QED) is 0.633. The van der Waals surface area contributed by atoms with Crippen LogP contribution in [-0.4, -0.2) is 45.1 Å². The van der Waals surface area contributed by atoms with Crippen molar-refractivity contribution < 1.29 is 19.8 Å². The van der Waals surface area contributed by atoms with Crippen LogP contribution in [0, 0.1) is 0 Å². The topological polar surface area (TPSA) is 117 Å². The minimum Gasteiger partial charge on any atom is -0.478 e. The molecule has 1 aromatic heterocycles. The number of rotatable bonds is 5. The molecule has 0 saturated heterocycles. The molecule has 7 nitrogen and oxygen atoms in total. The van der Waals surface area contributed by atoms with E-state index in [1.165, 1.54) is 22.5 Å². The number of carboxylic acid groups (broad SMARTS) is 2. The number of nitrogens with two attached hydrogens (primary N) is 1. The van der Waals surface area contributed by atoms with Gasteiger partial charge in [-0.05, 0) is 17.6 Å². The van der Waals surface area contributed by atoms with Crippen molar-refractivity contribution in [2.24, 2.45) is 0 Å². The number of benzene rings is 1. The minimum atomic E-state index is -1.26. The van der Waals surface area contributed by atoms with Crippen molar-refractivity contribution in [3.8, 4) is 0 Å². The fourth-order valence-corrected chi connectivity index (χ4v) is 3.61. The summed E-state index contributed by atoms with van der Waals surface area (Å²) in [6.45, 7) is 2.89. The van der Waals surface area contributed by atoms with Crippen molar-refractivity contribution in [2.75, 3.05) is 18.8 Å². The molecule has 3 rings (SSSR count). The lowest BCUT2D eigenvalue weighted by atomic mass is 10.1. The van der Waals surface area contributed by atoms with E-state index in [2.05, 4.69) is 40.2 Å². The fraction of sp³-hybridized carbons (Fsp3) is 0.211. The maximum absolute atomic E-state index is 9.55. The second-order valence-electron chi connectivity index (χ2n) is 5.90. The molecular weight excluding hydrogens is 402 g/mol. The number of thiazole rings is 1. The highest BCUT2D eigenvalue weighted by atomic mass is 35.5. The first-order valence-corrected chi connectivity index (χ1v) is 9.56. The standard InChI is InChI=1S/C15H16ClN3S.C4H4O4/c16-14-13(18-15(17)20-14)12-7-4-8-19(10-12)9-11-5-2-1-3-6-11;5-3(6)1-2-4(7)8/h1-3,5-7H,4,8-10H2,(H2,17,18);1-2H,(H,5,6)(H,7,8). The van der Waals surface area contributed by atoms with Crippen LogP contribution in [0.3, 0.4) is 0 Å². The second-order valence-corrected chi connectivity index (χ2v) is 7.53. The Morgan fingerprint density at radius 2 is 1.86 bits per heavy atom. The van der Waals surface area contributed by atoms with E-state index in [9.17, 15) is 9.59 Å². The van der Waals surface area contributed by atoms with Crippen molar-refractivity contribution in [2.45, 2.75) is 13.0 Å². The zero-order valence-corrected chi connectivity index (χ0v) is 16.5. The third-order valence-corrected chi connectivity index (χ3v) is 4.84. The number of nitrogens with zero attached hydrogens (tertiary/aromatic N) is 2. The van der Waals surface area contributed by atoms with Crippen molar-refractivity contribution >= 4 is 45.6 Å². The molecule has 28 heavy (non-hydrogen) atoms. The monoisotopic (exact) mass is 421 g/mol. The van der Waals surface area contributed by atoms with E-state index in [1.54, 1.807) is 0 Å². The molecule has 0 aliphatic carbocycles. The van der Waals surface area contributed by atoms with Gasteiger partial charge < -0.3 is 15.9 Å². The molecule has 2 aromatic rings. The summed E-state index contributed by atoms with van der Waals surface area (Å²) < 4.78 is 0.690. The largest absolute Gasteiger partial charge is 0.478 e. The van der Waals surface area contributed by atoms with E-state index in [0.29, 0.717) is 21.6 Å². The minimum absolute atomic E-state index is 0.533. The van der Waals surface area contributed by atoms with Crippen LogP contribution in [0.5, 0.6) is 0 Å². The summed E-state index contributed by atoms with van der Waals surface area (Å²) in [6, 6.07) is 10.5. The molecule has 0 unspecified atom stereocenters. The van der Waals surface area contributed by atoms with Gasteiger partial charge >= 0.3 is 11.9 Å². The van der Waals surface area contributed by atoms with Crippen LogP contribution in [0.4, 0.5) is 5.13 Å². The number of carbonyl (C=O) groups is 2. The van der Waals surface area contributed by atoms with E-state index in [-0.39, 0.29) is 0 Å². The molecule has 4 N–H and O–H groups in total. The van der Waals surface area contributed by atoms with Gasteiger partial charge in [-0.3, -0.25) is 4.90 Å². The molecule has 2 heterocycles. The fourth-order valence-electron chi connectivity index (χ4n) is 2.61. The average molecular weight is 422 g/mol. The Labute approximate surface area is 171 Å². The van der Waals surface area contributed by atoms with Crippen LogP contribution in [-0.2, 0) is 16.1 Å². The number of carboxylic acids is 2. The van der Waals surface area contributed by atoms with E-state index in [0.717, 1.165) is 31.7 Å². The van der Waals surface area contributed by atoms with Crippen molar-refractivity contribution in [3.63, 3.8) is 0 Å². The Kier molecular flexibility index (Phi) is 8.19. The van der Waals surface area contributed by atoms with E-state index in [4.69, 9.17) is 27.5 Å². The highest BCUT2D eigenvalue weighted by Crippen LogP contribution is 2.33. The number of nitrogen functional groups attached to an aromatic ring is 1. The molecular formula is C19H20ClN3O4S.